The van der Waals surface area contributed by atoms with Gasteiger partial charge in [0.15, 0.2) is 0 Å². The van der Waals surface area contributed by atoms with Gasteiger partial charge < -0.3 is 0 Å². The van der Waals surface area contributed by atoms with Crippen LogP contribution in [0.15, 0.2) is 53.1 Å². The number of halogens is 1. The monoisotopic (exact) mass is 247 g/mol. The number of hydrogen-bond donors (Lipinski definition) is 0. The van der Waals surface area contributed by atoms with Crippen molar-refractivity contribution in [2.24, 2.45) is 0 Å². The van der Waals surface area contributed by atoms with Crippen molar-refractivity contribution in [3.05, 3.63) is 68.8 Å². The molecule has 4 heteroatoms. The maximum atomic E-state index is 10.5. The van der Waals surface area contributed by atoms with Crippen LogP contribution in [0.5, 0.6) is 0 Å². The van der Waals surface area contributed by atoms with E-state index in [0.29, 0.717) is 5.03 Å². The van der Waals surface area contributed by atoms with E-state index in [1.54, 1.807) is 12.1 Å². The largest absolute Gasteiger partial charge is 0.269 e. The summed E-state index contributed by atoms with van der Waals surface area (Å²) >= 11 is 6.14. The molecular formula is C13H10ClNO2. The van der Waals surface area contributed by atoms with Crippen molar-refractivity contribution in [3.8, 4) is 0 Å². The Morgan fingerprint density at radius 3 is 2.59 bits per heavy atom. The molecular weight excluding hydrogens is 238 g/mol. The number of nitro groups is 1. The van der Waals surface area contributed by atoms with Crippen molar-refractivity contribution in [1.82, 2.24) is 0 Å². The third kappa shape index (κ3) is 2.82. The highest BCUT2D eigenvalue weighted by Gasteiger charge is 2.06. The van der Waals surface area contributed by atoms with Gasteiger partial charge in [-0.2, -0.15) is 0 Å². The van der Waals surface area contributed by atoms with Gasteiger partial charge in [-0.1, -0.05) is 29.8 Å². The van der Waals surface area contributed by atoms with E-state index in [-0.39, 0.29) is 5.69 Å². The second-order valence-corrected chi connectivity index (χ2v) is 4.07. The molecule has 0 saturated carbocycles. The summed E-state index contributed by atoms with van der Waals surface area (Å²) in [6.45, 7) is 0. The lowest BCUT2D eigenvalue weighted by Gasteiger charge is -2.00. The SMILES string of the molecule is O=[N+]([O-])c1ccc(/C=C(\Cl)C2=CC=CC2)cc1. The number of hydrogen-bond acceptors (Lipinski definition) is 2. The summed E-state index contributed by atoms with van der Waals surface area (Å²) in [5, 5.41) is 11.2. The molecule has 0 saturated heterocycles. The van der Waals surface area contributed by atoms with E-state index in [4.69, 9.17) is 11.6 Å². The van der Waals surface area contributed by atoms with Crippen LogP contribution in [0, 0.1) is 10.1 Å². The van der Waals surface area contributed by atoms with E-state index < -0.39 is 4.92 Å². The molecule has 0 aliphatic heterocycles. The zero-order valence-corrected chi connectivity index (χ0v) is 9.72. The standard InChI is InChI=1S/C13H10ClNO2/c14-13(11-3-1-2-4-11)9-10-5-7-12(8-6-10)15(16)17/h1-3,5-9H,4H2/b13-9-. The number of non-ortho nitro benzene ring substituents is 1. The van der Waals surface area contributed by atoms with Gasteiger partial charge in [0.25, 0.3) is 5.69 Å². The topological polar surface area (TPSA) is 43.1 Å². The molecule has 1 aliphatic rings. The van der Waals surface area contributed by atoms with Gasteiger partial charge in [-0.25, -0.2) is 0 Å². The molecule has 17 heavy (non-hydrogen) atoms. The smallest absolute Gasteiger partial charge is 0.258 e. The summed E-state index contributed by atoms with van der Waals surface area (Å²) in [6.07, 6.45) is 8.60. The van der Waals surface area contributed by atoms with E-state index in [1.807, 2.05) is 24.3 Å². The molecule has 3 nitrogen and oxygen atoms in total. The third-order valence-corrected chi connectivity index (χ3v) is 2.83. The number of nitro benzene ring substituents is 1. The summed E-state index contributed by atoms with van der Waals surface area (Å²) in [4.78, 5) is 10.1. The van der Waals surface area contributed by atoms with Gasteiger partial charge in [-0.3, -0.25) is 10.1 Å². The zero-order valence-electron chi connectivity index (χ0n) is 8.97. The molecule has 0 N–H and O–H groups in total. The van der Waals surface area contributed by atoms with Crippen LogP contribution in [-0.2, 0) is 0 Å². The van der Waals surface area contributed by atoms with Crippen LogP contribution in [-0.4, -0.2) is 4.92 Å². The third-order valence-electron chi connectivity index (χ3n) is 2.48. The van der Waals surface area contributed by atoms with Crippen LogP contribution in [0.4, 0.5) is 5.69 Å². The molecule has 0 amide bonds. The van der Waals surface area contributed by atoms with Gasteiger partial charge in [0.2, 0.25) is 0 Å². The molecule has 0 atom stereocenters. The lowest BCUT2D eigenvalue weighted by Crippen LogP contribution is -1.87. The fraction of sp³-hybridized carbons (Fsp3) is 0.0769. The Labute approximate surface area is 104 Å². The van der Waals surface area contributed by atoms with Crippen LogP contribution in [0.3, 0.4) is 0 Å². The molecule has 86 valence electrons. The molecule has 0 fully saturated rings. The van der Waals surface area contributed by atoms with Crippen molar-refractivity contribution in [2.45, 2.75) is 6.42 Å². The number of nitrogens with zero attached hydrogens (tertiary/aromatic N) is 1. The van der Waals surface area contributed by atoms with E-state index in [2.05, 4.69) is 0 Å². The van der Waals surface area contributed by atoms with Gasteiger partial charge in [-0.05, 0) is 35.8 Å². The maximum Gasteiger partial charge on any atom is 0.269 e. The first-order valence-corrected chi connectivity index (χ1v) is 5.52. The summed E-state index contributed by atoms with van der Waals surface area (Å²) in [7, 11) is 0. The molecule has 0 heterocycles. The van der Waals surface area contributed by atoms with Gasteiger partial charge in [0.1, 0.15) is 0 Å². The molecule has 2 rings (SSSR count). The van der Waals surface area contributed by atoms with Crippen LogP contribution < -0.4 is 0 Å². The van der Waals surface area contributed by atoms with E-state index >= 15 is 0 Å². The molecule has 1 aromatic rings. The Kier molecular flexibility index (Phi) is 3.40. The minimum absolute atomic E-state index is 0.0834. The lowest BCUT2D eigenvalue weighted by molar-refractivity contribution is -0.384. The predicted molar refractivity (Wildman–Crippen MR) is 68.8 cm³/mol. The fourth-order valence-electron chi connectivity index (χ4n) is 1.56. The molecule has 0 spiro atoms. The Bertz CT molecular complexity index is 527. The van der Waals surface area contributed by atoms with Gasteiger partial charge in [-0.15, -0.1) is 0 Å². The summed E-state index contributed by atoms with van der Waals surface area (Å²) < 4.78 is 0. The Morgan fingerprint density at radius 1 is 1.35 bits per heavy atom. The van der Waals surface area contributed by atoms with Crippen molar-refractivity contribution in [1.29, 1.82) is 0 Å². The number of rotatable bonds is 3. The normalized spacial score (nSPS) is 14.9. The van der Waals surface area contributed by atoms with Crippen LogP contribution >= 0.6 is 11.6 Å². The van der Waals surface area contributed by atoms with Crippen LogP contribution in [0.2, 0.25) is 0 Å². The number of allylic oxidation sites excluding steroid dienone is 5. The van der Waals surface area contributed by atoms with Gasteiger partial charge >= 0.3 is 0 Å². The van der Waals surface area contributed by atoms with Gasteiger partial charge in [0.05, 0.1) is 4.92 Å². The fourth-order valence-corrected chi connectivity index (χ4v) is 1.82. The molecule has 0 radical (unpaired) electrons. The molecule has 1 aromatic carbocycles. The Balaban J connectivity index is 2.18. The predicted octanol–water partition coefficient (Wildman–Crippen LogP) is 4.06. The van der Waals surface area contributed by atoms with Crippen molar-refractivity contribution >= 4 is 23.4 Å². The van der Waals surface area contributed by atoms with Crippen molar-refractivity contribution < 1.29 is 4.92 Å². The molecule has 0 bridgehead atoms. The minimum Gasteiger partial charge on any atom is -0.258 e. The molecule has 1 aliphatic carbocycles. The Morgan fingerprint density at radius 2 is 2.06 bits per heavy atom. The summed E-state index contributed by atoms with van der Waals surface area (Å²) in [6, 6.07) is 6.31. The molecule has 0 aromatic heterocycles. The maximum absolute atomic E-state index is 10.5. The lowest BCUT2D eigenvalue weighted by atomic mass is 10.1. The highest BCUT2D eigenvalue weighted by atomic mass is 35.5. The van der Waals surface area contributed by atoms with E-state index in [1.165, 1.54) is 12.1 Å². The highest BCUT2D eigenvalue weighted by Crippen LogP contribution is 2.25. The second-order valence-electron chi connectivity index (χ2n) is 3.67. The minimum atomic E-state index is -0.418. The van der Waals surface area contributed by atoms with Crippen LogP contribution in [0.25, 0.3) is 6.08 Å². The first-order chi connectivity index (χ1) is 8.16. The summed E-state index contributed by atoms with van der Waals surface area (Å²) in [5.74, 6) is 0. The van der Waals surface area contributed by atoms with Crippen molar-refractivity contribution in [2.75, 3.05) is 0 Å². The molecule has 0 unspecified atom stereocenters. The van der Waals surface area contributed by atoms with Gasteiger partial charge in [0, 0.05) is 17.2 Å². The zero-order chi connectivity index (χ0) is 12.3. The first kappa shape index (κ1) is 11.6. The van der Waals surface area contributed by atoms with E-state index in [9.17, 15) is 10.1 Å². The Hall–Kier alpha value is -1.87. The van der Waals surface area contributed by atoms with Crippen LogP contribution in [0.1, 0.15) is 12.0 Å². The second kappa shape index (κ2) is 4.97. The average Bonchev–Trinajstić information content (AvgIpc) is 2.83. The van der Waals surface area contributed by atoms with E-state index in [0.717, 1.165) is 17.6 Å². The average molecular weight is 248 g/mol. The number of benzene rings is 1. The first-order valence-electron chi connectivity index (χ1n) is 5.14. The highest BCUT2D eigenvalue weighted by molar-refractivity contribution is 6.34. The van der Waals surface area contributed by atoms with Crippen molar-refractivity contribution in [3.63, 3.8) is 0 Å². The summed E-state index contributed by atoms with van der Waals surface area (Å²) in [5.41, 5.74) is 2.00. The quantitative estimate of drug-likeness (QED) is 0.597.